The van der Waals surface area contributed by atoms with Gasteiger partial charge in [-0.2, -0.15) is 0 Å². The van der Waals surface area contributed by atoms with E-state index in [-0.39, 0.29) is 0 Å². The van der Waals surface area contributed by atoms with Gasteiger partial charge in [-0.3, -0.25) is 0 Å². The summed E-state index contributed by atoms with van der Waals surface area (Å²) in [6.45, 7) is 4.43. The average Bonchev–Trinajstić information content (AvgIpc) is 2.85. The molecule has 2 aromatic carbocycles. The Morgan fingerprint density at radius 1 is 1.11 bits per heavy atom. The lowest BCUT2D eigenvalue weighted by Gasteiger charge is -2.08. The summed E-state index contributed by atoms with van der Waals surface area (Å²) < 4.78 is 0. The van der Waals surface area contributed by atoms with Crippen molar-refractivity contribution in [2.24, 2.45) is 5.92 Å². The number of nitrogens with one attached hydrogen (secondary N) is 1. The van der Waals surface area contributed by atoms with Crippen molar-refractivity contribution in [3.05, 3.63) is 54.5 Å². The number of nitrogens with zero attached hydrogens (tertiary/aromatic N) is 1. The summed E-state index contributed by atoms with van der Waals surface area (Å²) in [5.74, 6) is 0.600. The lowest BCUT2D eigenvalue weighted by Crippen LogP contribution is -1.97. The SMILES string of the molecule is CC(C)Cc1[nH][c]nc1-c1cccc2ccccc12. The summed E-state index contributed by atoms with van der Waals surface area (Å²) in [6.07, 6.45) is 3.89. The second-order valence-corrected chi connectivity index (χ2v) is 5.30. The number of fused-ring (bicyclic) bond motifs is 1. The standard InChI is InChI=1S/C17H17N2/c1-12(2)10-16-17(19-11-18-16)15-9-5-7-13-6-3-4-8-14(13)15/h3-9,12H,10H2,1-2H3,(H,18,19). The number of benzene rings is 2. The van der Waals surface area contributed by atoms with Gasteiger partial charge in [0.25, 0.3) is 0 Å². The van der Waals surface area contributed by atoms with Gasteiger partial charge in [-0.1, -0.05) is 56.3 Å². The third kappa shape index (κ3) is 2.26. The Hall–Kier alpha value is -2.09. The summed E-state index contributed by atoms with van der Waals surface area (Å²) in [7, 11) is 0. The van der Waals surface area contributed by atoms with Gasteiger partial charge in [0.1, 0.15) is 0 Å². The molecule has 0 bridgehead atoms. The van der Waals surface area contributed by atoms with E-state index in [2.05, 4.69) is 72.6 Å². The van der Waals surface area contributed by atoms with Crippen LogP contribution in [0.2, 0.25) is 0 Å². The monoisotopic (exact) mass is 249 g/mol. The van der Waals surface area contributed by atoms with Crippen molar-refractivity contribution in [2.75, 3.05) is 0 Å². The molecule has 1 aromatic heterocycles. The van der Waals surface area contributed by atoms with Crippen LogP contribution in [0, 0.1) is 12.2 Å². The van der Waals surface area contributed by atoms with Gasteiger partial charge in [0.05, 0.1) is 5.69 Å². The molecule has 1 heterocycles. The van der Waals surface area contributed by atoms with Crippen molar-refractivity contribution in [2.45, 2.75) is 20.3 Å². The molecule has 0 atom stereocenters. The topological polar surface area (TPSA) is 28.7 Å². The first kappa shape index (κ1) is 12.0. The molecule has 3 rings (SSSR count). The van der Waals surface area contributed by atoms with Gasteiger partial charge in [-0.25, -0.2) is 4.98 Å². The van der Waals surface area contributed by atoms with Gasteiger partial charge in [0, 0.05) is 11.3 Å². The van der Waals surface area contributed by atoms with Gasteiger partial charge in [0.15, 0.2) is 6.33 Å². The molecule has 2 nitrogen and oxygen atoms in total. The first-order valence-electron chi connectivity index (χ1n) is 6.69. The summed E-state index contributed by atoms with van der Waals surface area (Å²) in [5, 5.41) is 2.49. The summed E-state index contributed by atoms with van der Waals surface area (Å²) in [6, 6.07) is 14.8. The molecule has 2 heteroatoms. The Morgan fingerprint density at radius 3 is 2.74 bits per heavy atom. The predicted molar refractivity (Wildman–Crippen MR) is 78.9 cm³/mol. The van der Waals surface area contributed by atoms with Crippen molar-refractivity contribution < 1.29 is 0 Å². The molecule has 0 saturated carbocycles. The van der Waals surface area contributed by atoms with E-state index >= 15 is 0 Å². The van der Waals surface area contributed by atoms with Crippen LogP contribution < -0.4 is 0 Å². The van der Waals surface area contributed by atoms with E-state index in [4.69, 9.17) is 0 Å². The highest BCUT2D eigenvalue weighted by Crippen LogP contribution is 2.29. The predicted octanol–water partition coefficient (Wildman–Crippen LogP) is 4.23. The van der Waals surface area contributed by atoms with Gasteiger partial charge < -0.3 is 4.98 Å². The molecule has 0 amide bonds. The van der Waals surface area contributed by atoms with E-state index in [1.54, 1.807) is 0 Å². The second-order valence-electron chi connectivity index (χ2n) is 5.30. The molecule has 0 aliphatic carbocycles. The van der Waals surface area contributed by atoms with Crippen LogP contribution in [0.5, 0.6) is 0 Å². The number of aromatic nitrogens is 2. The van der Waals surface area contributed by atoms with Crippen LogP contribution in [0.1, 0.15) is 19.5 Å². The Balaban J connectivity index is 2.17. The van der Waals surface area contributed by atoms with Crippen molar-refractivity contribution in [1.29, 1.82) is 0 Å². The molecule has 0 spiro atoms. The van der Waals surface area contributed by atoms with Crippen LogP contribution in [-0.2, 0) is 6.42 Å². The smallest absolute Gasteiger partial charge is 0.174 e. The molecule has 3 aromatic rings. The zero-order chi connectivity index (χ0) is 13.2. The van der Waals surface area contributed by atoms with Crippen molar-refractivity contribution in [1.82, 2.24) is 9.97 Å². The van der Waals surface area contributed by atoms with Gasteiger partial charge in [-0.15, -0.1) is 0 Å². The van der Waals surface area contributed by atoms with Crippen LogP contribution in [0.25, 0.3) is 22.0 Å². The number of hydrogen-bond acceptors (Lipinski definition) is 1. The summed E-state index contributed by atoms with van der Waals surface area (Å²) in [5.41, 5.74) is 3.39. The van der Waals surface area contributed by atoms with E-state index in [1.165, 1.54) is 22.0 Å². The van der Waals surface area contributed by atoms with Crippen molar-refractivity contribution in [3.63, 3.8) is 0 Å². The first-order valence-corrected chi connectivity index (χ1v) is 6.69. The molecule has 0 aliphatic heterocycles. The minimum Gasteiger partial charge on any atom is -0.339 e. The maximum Gasteiger partial charge on any atom is 0.174 e. The molecule has 19 heavy (non-hydrogen) atoms. The molecule has 0 fully saturated rings. The summed E-state index contributed by atoms with van der Waals surface area (Å²) >= 11 is 0. The highest BCUT2D eigenvalue weighted by Gasteiger charge is 2.12. The zero-order valence-corrected chi connectivity index (χ0v) is 11.3. The first-order chi connectivity index (χ1) is 9.25. The third-order valence-corrected chi connectivity index (χ3v) is 3.32. The van der Waals surface area contributed by atoms with E-state index < -0.39 is 0 Å². The Labute approximate surface area is 113 Å². The van der Waals surface area contributed by atoms with Crippen molar-refractivity contribution in [3.8, 4) is 11.3 Å². The third-order valence-electron chi connectivity index (χ3n) is 3.32. The van der Waals surface area contributed by atoms with E-state index in [0.717, 1.165) is 12.1 Å². The second kappa shape index (κ2) is 4.88. The molecule has 0 aliphatic rings. The number of imidazole rings is 1. The molecular formula is C17H17N2. The number of rotatable bonds is 3. The number of H-pyrrole nitrogens is 1. The minimum atomic E-state index is 0.600. The fraction of sp³-hybridized carbons (Fsp3) is 0.235. The molecule has 95 valence electrons. The fourth-order valence-corrected chi connectivity index (χ4v) is 2.49. The van der Waals surface area contributed by atoms with Crippen LogP contribution in [0.4, 0.5) is 0 Å². The molecule has 1 radical (unpaired) electrons. The largest absolute Gasteiger partial charge is 0.339 e. The minimum absolute atomic E-state index is 0.600. The summed E-state index contributed by atoms with van der Waals surface area (Å²) in [4.78, 5) is 7.57. The Bertz CT molecular complexity index is 690. The van der Waals surface area contributed by atoms with Crippen LogP contribution >= 0.6 is 0 Å². The molecule has 1 N–H and O–H groups in total. The lowest BCUT2D eigenvalue weighted by atomic mass is 9.98. The van der Waals surface area contributed by atoms with Crippen LogP contribution in [-0.4, -0.2) is 9.97 Å². The Kier molecular flexibility index (Phi) is 3.08. The molecule has 0 unspecified atom stereocenters. The van der Waals surface area contributed by atoms with E-state index in [1.807, 2.05) is 0 Å². The lowest BCUT2D eigenvalue weighted by molar-refractivity contribution is 0.638. The van der Waals surface area contributed by atoms with Crippen LogP contribution in [0.3, 0.4) is 0 Å². The maximum atomic E-state index is 4.41. The van der Waals surface area contributed by atoms with Gasteiger partial charge in [-0.05, 0) is 23.1 Å². The van der Waals surface area contributed by atoms with Gasteiger partial charge in [0.2, 0.25) is 0 Å². The normalized spacial score (nSPS) is 11.3. The maximum absolute atomic E-state index is 4.41. The highest BCUT2D eigenvalue weighted by molar-refractivity contribution is 5.96. The quantitative estimate of drug-likeness (QED) is 0.739. The van der Waals surface area contributed by atoms with E-state index in [0.29, 0.717) is 5.92 Å². The number of hydrogen-bond donors (Lipinski definition) is 1. The average molecular weight is 249 g/mol. The molecule has 0 saturated heterocycles. The zero-order valence-electron chi connectivity index (χ0n) is 11.3. The van der Waals surface area contributed by atoms with Gasteiger partial charge >= 0.3 is 0 Å². The number of aromatic amines is 1. The Morgan fingerprint density at radius 2 is 1.89 bits per heavy atom. The van der Waals surface area contributed by atoms with E-state index in [9.17, 15) is 0 Å². The van der Waals surface area contributed by atoms with Crippen LogP contribution in [0.15, 0.2) is 42.5 Å². The van der Waals surface area contributed by atoms with Crippen molar-refractivity contribution >= 4 is 10.8 Å². The highest BCUT2D eigenvalue weighted by atomic mass is 14.9. The molecular weight excluding hydrogens is 232 g/mol. The fourth-order valence-electron chi connectivity index (χ4n) is 2.49.